The van der Waals surface area contributed by atoms with Crippen molar-refractivity contribution in [2.45, 2.75) is 6.10 Å². The monoisotopic (exact) mass is 434 g/mol. The van der Waals surface area contributed by atoms with E-state index in [0.29, 0.717) is 26.4 Å². The van der Waals surface area contributed by atoms with Crippen molar-refractivity contribution in [1.29, 1.82) is 0 Å². The fraction of sp³-hybridized carbons (Fsp3) is 0.429. The van der Waals surface area contributed by atoms with Crippen LogP contribution in [0.15, 0.2) is 59.1 Å². The zero-order valence-electron chi connectivity index (χ0n) is 15.5. The number of anilines is 1. The van der Waals surface area contributed by atoms with E-state index >= 15 is 0 Å². The molecule has 2 aromatic rings. The molecule has 1 aliphatic heterocycles. The number of benzene rings is 2. The topological polar surface area (TPSA) is 45.2 Å². The quantitative estimate of drug-likeness (QED) is 0.614. The first-order valence-electron chi connectivity index (χ1n) is 9.37. The first-order valence-corrected chi connectivity index (χ1v) is 10.2. The first kappa shape index (κ1) is 20.1. The number of halogens is 1. The highest BCUT2D eigenvalue weighted by molar-refractivity contribution is 9.10. The van der Waals surface area contributed by atoms with Crippen molar-refractivity contribution in [3.8, 4) is 5.75 Å². The molecule has 0 aromatic heterocycles. The van der Waals surface area contributed by atoms with Gasteiger partial charge in [-0.3, -0.25) is 4.90 Å². The summed E-state index contributed by atoms with van der Waals surface area (Å²) in [5.41, 5.74) is 1.27. The van der Waals surface area contributed by atoms with E-state index in [1.165, 1.54) is 5.69 Å². The van der Waals surface area contributed by atoms with Crippen LogP contribution in [0.3, 0.4) is 0 Å². The molecule has 0 unspecified atom stereocenters. The molecule has 0 amide bonds. The molecule has 5 nitrogen and oxygen atoms in total. The molecule has 1 aliphatic rings. The van der Waals surface area contributed by atoms with Crippen LogP contribution in [0.5, 0.6) is 5.75 Å². The Morgan fingerprint density at radius 3 is 2.33 bits per heavy atom. The van der Waals surface area contributed by atoms with Gasteiger partial charge in [0.1, 0.15) is 12.4 Å². The molecule has 2 aromatic carbocycles. The molecule has 1 N–H and O–H groups in total. The third-order valence-corrected chi connectivity index (χ3v) is 5.11. The largest absolute Gasteiger partial charge is 0.491 e. The molecule has 6 heteroatoms. The fourth-order valence-electron chi connectivity index (χ4n) is 3.15. The number of piperazine rings is 1. The number of hydrogen-bond acceptors (Lipinski definition) is 5. The van der Waals surface area contributed by atoms with Crippen LogP contribution in [0.4, 0.5) is 5.69 Å². The van der Waals surface area contributed by atoms with Crippen molar-refractivity contribution in [2.75, 3.05) is 57.4 Å². The Morgan fingerprint density at radius 1 is 0.926 bits per heavy atom. The van der Waals surface area contributed by atoms with E-state index in [2.05, 4.69) is 50.0 Å². The second-order valence-electron chi connectivity index (χ2n) is 6.65. The van der Waals surface area contributed by atoms with Gasteiger partial charge in [-0.2, -0.15) is 0 Å². The van der Waals surface area contributed by atoms with Gasteiger partial charge in [-0.1, -0.05) is 34.1 Å². The standard InChI is InChI=1S/C21H27BrN2O3/c22-18-6-8-21(9-7-18)27-15-14-26-17-20(25)16-23-10-12-24(13-11-23)19-4-2-1-3-5-19/h1-9,20,25H,10-17H2/t20-/m1/s1. The summed E-state index contributed by atoms with van der Waals surface area (Å²) in [6, 6.07) is 18.2. The molecule has 0 aliphatic carbocycles. The summed E-state index contributed by atoms with van der Waals surface area (Å²) >= 11 is 3.40. The van der Waals surface area contributed by atoms with E-state index in [9.17, 15) is 5.11 Å². The predicted molar refractivity (Wildman–Crippen MR) is 112 cm³/mol. The molecular formula is C21H27BrN2O3. The van der Waals surface area contributed by atoms with E-state index in [1.807, 2.05) is 30.3 Å². The number of β-amino-alcohol motifs (C(OH)–C–C–N with tert-alkyl or cyclic N) is 1. The molecule has 1 heterocycles. The van der Waals surface area contributed by atoms with Crippen LogP contribution < -0.4 is 9.64 Å². The average molecular weight is 435 g/mol. The van der Waals surface area contributed by atoms with Gasteiger partial charge in [0.05, 0.1) is 19.3 Å². The Balaban J connectivity index is 1.26. The summed E-state index contributed by atoms with van der Waals surface area (Å²) < 4.78 is 12.2. The second-order valence-corrected chi connectivity index (χ2v) is 7.57. The molecule has 27 heavy (non-hydrogen) atoms. The summed E-state index contributed by atoms with van der Waals surface area (Å²) in [7, 11) is 0. The zero-order valence-corrected chi connectivity index (χ0v) is 17.1. The molecule has 0 radical (unpaired) electrons. The van der Waals surface area contributed by atoms with Gasteiger partial charge in [0.15, 0.2) is 0 Å². The minimum absolute atomic E-state index is 0.336. The van der Waals surface area contributed by atoms with Crippen molar-refractivity contribution >= 4 is 21.6 Å². The number of nitrogens with zero attached hydrogens (tertiary/aromatic N) is 2. The summed E-state index contributed by atoms with van der Waals surface area (Å²) in [4.78, 5) is 4.69. The molecule has 1 atom stereocenters. The fourth-order valence-corrected chi connectivity index (χ4v) is 3.41. The molecule has 3 rings (SSSR count). The summed E-state index contributed by atoms with van der Waals surface area (Å²) in [6.07, 6.45) is -0.471. The lowest BCUT2D eigenvalue weighted by Gasteiger charge is -2.36. The number of aliphatic hydroxyl groups excluding tert-OH is 1. The predicted octanol–water partition coefficient (Wildman–Crippen LogP) is 3.03. The Hall–Kier alpha value is -1.60. The molecule has 0 bridgehead atoms. The molecule has 0 saturated carbocycles. The number of hydrogen-bond donors (Lipinski definition) is 1. The lowest BCUT2D eigenvalue weighted by Crippen LogP contribution is -2.49. The van der Waals surface area contributed by atoms with Crippen LogP contribution in [0.2, 0.25) is 0 Å². The highest BCUT2D eigenvalue weighted by Gasteiger charge is 2.19. The molecule has 0 spiro atoms. The number of para-hydroxylation sites is 1. The minimum atomic E-state index is -0.471. The van der Waals surface area contributed by atoms with Crippen molar-refractivity contribution in [3.63, 3.8) is 0 Å². The number of aliphatic hydroxyl groups is 1. The van der Waals surface area contributed by atoms with E-state index in [0.717, 1.165) is 36.4 Å². The van der Waals surface area contributed by atoms with E-state index in [4.69, 9.17) is 9.47 Å². The second kappa shape index (κ2) is 10.7. The van der Waals surface area contributed by atoms with Gasteiger partial charge in [-0.05, 0) is 36.4 Å². The van der Waals surface area contributed by atoms with Crippen LogP contribution in [0.25, 0.3) is 0 Å². The van der Waals surface area contributed by atoms with Gasteiger partial charge in [-0.15, -0.1) is 0 Å². The number of ether oxygens (including phenoxy) is 2. The van der Waals surface area contributed by atoms with Gasteiger partial charge in [0.2, 0.25) is 0 Å². The SMILES string of the molecule is O[C@@H](COCCOc1ccc(Br)cc1)CN1CCN(c2ccccc2)CC1. The normalized spacial score (nSPS) is 16.3. The van der Waals surface area contributed by atoms with Crippen molar-refractivity contribution < 1.29 is 14.6 Å². The van der Waals surface area contributed by atoms with Gasteiger partial charge in [0, 0.05) is 42.9 Å². The first-order chi connectivity index (χ1) is 13.2. The molecule has 1 saturated heterocycles. The number of rotatable bonds is 9. The Kier molecular flexibility index (Phi) is 7.95. The van der Waals surface area contributed by atoms with Crippen LogP contribution in [0, 0.1) is 0 Å². The van der Waals surface area contributed by atoms with Crippen LogP contribution in [-0.2, 0) is 4.74 Å². The summed E-state index contributed by atoms with van der Waals surface area (Å²) in [6.45, 7) is 5.81. The van der Waals surface area contributed by atoms with Crippen LogP contribution in [0.1, 0.15) is 0 Å². The minimum Gasteiger partial charge on any atom is -0.491 e. The van der Waals surface area contributed by atoms with E-state index < -0.39 is 6.10 Å². The Morgan fingerprint density at radius 2 is 1.63 bits per heavy atom. The van der Waals surface area contributed by atoms with Crippen molar-refractivity contribution in [2.24, 2.45) is 0 Å². The van der Waals surface area contributed by atoms with Gasteiger partial charge >= 0.3 is 0 Å². The Labute approximate surface area is 169 Å². The van der Waals surface area contributed by atoms with Crippen LogP contribution in [-0.4, -0.2) is 68.7 Å². The summed E-state index contributed by atoms with van der Waals surface area (Å²) in [5.74, 6) is 0.818. The van der Waals surface area contributed by atoms with Crippen molar-refractivity contribution in [1.82, 2.24) is 4.90 Å². The third-order valence-electron chi connectivity index (χ3n) is 4.58. The molecular weight excluding hydrogens is 408 g/mol. The maximum atomic E-state index is 10.2. The van der Waals surface area contributed by atoms with E-state index in [-0.39, 0.29) is 0 Å². The zero-order chi connectivity index (χ0) is 18.9. The molecule has 1 fully saturated rings. The smallest absolute Gasteiger partial charge is 0.119 e. The maximum Gasteiger partial charge on any atom is 0.119 e. The Bertz CT molecular complexity index is 661. The lowest BCUT2D eigenvalue weighted by molar-refractivity contribution is 0.00718. The van der Waals surface area contributed by atoms with Gasteiger partial charge in [-0.25, -0.2) is 0 Å². The maximum absolute atomic E-state index is 10.2. The van der Waals surface area contributed by atoms with Crippen molar-refractivity contribution in [3.05, 3.63) is 59.1 Å². The molecule has 146 valence electrons. The lowest BCUT2D eigenvalue weighted by atomic mass is 10.2. The third kappa shape index (κ3) is 6.81. The van der Waals surface area contributed by atoms with Crippen LogP contribution >= 0.6 is 15.9 Å². The highest BCUT2D eigenvalue weighted by Crippen LogP contribution is 2.16. The highest BCUT2D eigenvalue weighted by atomic mass is 79.9. The summed E-state index contributed by atoms with van der Waals surface area (Å²) in [5, 5.41) is 10.2. The average Bonchev–Trinajstić information content (AvgIpc) is 2.70. The van der Waals surface area contributed by atoms with Gasteiger partial charge in [0.25, 0.3) is 0 Å². The van der Waals surface area contributed by atoms with E-state index in [1.54, 1.807) is 0 Å². The van der Waals surface area contributed by atoms with Gasteiger partial charge < -0.3 is 19.5 Å².